The molecule has 0 radical (unpaired) electrons. The maximum atomic E-state index is 12.4. The number of nitrogens with one attached hydrogen (secondary N) is 2. The molecular weight excluding hydrogens is 342 g/mol. The lowest BCUT2D eigenvalue weighted by atomic mass is 10.1. The van der Waals surface area contributed by atoms with Gasteiger partial charge in [-0.25, -0.2) is 0 Å². The maximum Gasteiger partial charge on any atom is 0.269 e. The maximum absolute atomic E-state index is 12.4. The van der Waals surface area contributed by atoms with Crippen LogP contribution in [0.15, 0.2) is 12.3 Å². The van der Waals surface area contributed by atoms with Crippen molar-refractivity contribution in [3.8, 4) is 0 Å². The van der Waals surface area contributed by atoms with Gasteiger partial charge in [-0.05, 0) is 25.7 Å². The van der Waals surface area contributed by atoms with Crippen LogP contribution in [0.3, 0.4) is 0 Å². The molecule has 1 aliphatic rings. The summed E-state index contributed by atoms with van der Waals surface area (Å²) in [6.07, 6.45) is 4.30. The number of nitrogens with zero attached hydrogens (tertiary/aromatic N) is 3. The third-order valence-electron chi connectivity index (χ3n) is 4.18. The Bertz CT molecular complexity index is 633. The molecule has 0 aromatic carbocycles. The normalized spacial score (nSPS) is 19.7. The first-order valence-electron chi connectivity index (χ1n) is 8.32. The van der Waals surface area contributed by atoms with Gasteiger partial charge in [0.25, 0.3) is 5.91 Å². The third-order valence-corrected chi connectivity index (χ3v) is 4.80. The minimum Gasteiger partial charge on any atom is -0.355 e. The van der Waals surface area contributed by atoms with Crippen LogP contribution in [-0.2, 0) is 16.6 Å². The van der Waals surface area contributed by atoms with Crippen LogP contribution in [0.2, 0.25) is 0 Å². The van der Waals surface area contributed by atoms with Crippen molar-refractivity contribution in [1.82, 2.24) is 25.3 Å². The highest BCUT2D eigenvalue weighted by Gasteiger charge is 2.39. The minimum atomic E-state index is -0.536. The van der Waals surface area contributed by atoms with Gasteiger partial charge in [0.05, 0.1) is 0 Å². The number of aromatic nitrogens is 2. The second-order valence-corrected chi connectivity index (χ2v) is 6.93. The number of thioether (sulfide) groups is 1. The highest BCUT2D eigenvalue weighted by Crippen LogP contribution is 2.20. The van der Waals surface area contributed by atoms with Crippen LogP contribution in [0.25, 0.3) is 0 Å². The van der Waals surface area contributed by atoms with Crippen molar-refractivity contribution in [1.29, 1.82) is 0 Å². The number of hydrogen-bond donors (Lipinski definition) is 2. The van der Waals surface area contributed by atoms with E-state index in [4.69, 9.17) is 0 Å². The molecule has 1 aromatic rings. The Balaban J connectivity index is 2.06. The first-order valence-corrected chi connectivity index (χ1v) is 9.72. The number of amides is 3. The van der Waals surface area contributed by atoms with E-state index in [1.54, 1.807) is 36.0 Å². The van der Waals surface area contributed by atoms with Gasteiger partial charge in [0.15, 0.2) is 0 Å². The summed E-state index contributed by atoms with van der Waals surface area (Å²) in [5.74, 6) is 0.238. The van der Waals surface area contributed by atoms with Gasteiger partial charge in [-0.3, -0.25) is 19.1 Å². The van der Waals surface area contributed by atoms with Crippen LogP contribution in [0.5, 0.6) is 0 Å². The number of hydrogen-bond acceptors (Lipinski definition) is 5. The summed E-state index contributed by atoms with van der Waals surface area (Å²) in [7, 11) is 1.69. The van der Waals surface area contributed by atoms with E-state index in [1.165, 1.54) is 4.68 Å². The lowest BCUT2D eigenvalue weighted by molar-refractivity contribution is -0.138. The first kappa shape index (κ1) is 19.3. The summed E-state index contributed by atoms with van der Waals surface area (Å²) < 4.78 is 1.49. The number of aryl methyl sites for hydroxylation is 1. The standard InChI is InChI=1S/C16H25N5O3S/c1-4-17-15(23)13-9-11(10-21(13)14(22)6-8-25-3)19-16(24)12-5-7-18-20(12)2/h5,7,11,13H,4,6,8-10H2,1-3H3,(H,17,23)(H,19,24)/t11-,13-/m0/s1. The van der Waals surface area contributed by atoms with E-state index in [2.05, 4.69) is 15.7 Å². The average molecular weight is 367 g/mol. The predicted octanol–water partition coefficient (Wildman–Crippen LogP) is 0.00860. The fourth-order valence-corrected chi connectivity index (χ4v) is 3.32. The van der Waals surface area contributed by atoms with Crippen molar-refractivity contribution in [2.45, 2.75) is 31.8 Å². The molecule has 3 amide bonds. The summed E-state index contributed by atoms with van der Waals surface area (Å²) in [5.41, 5.74) is 0.446. The lowest BCUT2D eigenvalue weighted by Gasteiger charge is -2.23. The Morgan fingerprint density at radius 3 is 2.76 bits per heavy atom. The molecule has 9 heteroatoms. The molecular formula is C16H25N5O3S. The quantitative estimate of drug-likeness (QED) is 0.708. The van der Waals surface area contributed by atoms with Gasteiger partial charge in [-0.1, -0.05) is 0 Å². The summed E-state index contributed by atoms with van der Waals surface area (Å²) in [6, 6.07) is 0.840. The molecule has 0 unspecified atom stereocenters. The molecule has 8 nitrogen and oxygen atoms in total. The summed E-state index contributed by atoms with van der Waals surface area (Å²) in [6.45, 7) is 2.70. The number of likely N-dealkylation sites (N-methyl/N-ethyl adjacent to an activating group) is 1. The zero-order valence-corrected chi connectivity index (χ0v) is 15.6. The molecule has 1 aliphatic heterocycles. The second-order valence-electron chi connectivity index (χ2n) is 5.95. The highest BCUT2D eigenvalue weighted by atomic mass is 32.2. The van der Waals surface area contributed by atoms with Gasteiger partial charge in [-0.2, -0.15) is 16.9 Å². The number of rotatable bonds is 7. The lowest BCUT2D eigenvalue weighted by Crippen LogP contribution is -2.46. The fourth-order valence-electron chi connectivity index (χ4n) is 2.95. The van der Waals surface area contributed by atoms with Crippen LogP contribution >= 0.6 is 11.8 Å². The zero-order chi connectivity index (χ0) is 18.4. The molecule has 2 rings (SSSR count). The molecule has 138 valence electrons. The largest absolute Gasteiger partial charge is 0.355 e. The average Bonchev–Trinajstić information content (AvgIpc) is 3.19. The molecule has 1 aromatic heterocycles. The van der Waals surface area contributed by atoms with E-state index in [0.29, 0.717) is 37.4 Å². The van der Waals surface area contributed by atoms with Crippen molar-refractivity contribution in [2.24, 2.45) is 7.05 Å². The van der Waals surface area contributed by atoms with Crippen LogP contribution in [0, 0.1) is 0 Å². The molecule has 0 spiro atoms. The molecule has 1 fully saturated rings. The molecule has 1 saturated heterocycles. The second kappa shape index (κ2) is 8.89. The van der Waals surface area contributed by atoms with Gasteiger partial charge < -0.3 is 15.5 Å². The van der Waals surface area contributed by atoms with E-state index in [1.807, 2.05) is 13.2 Å². The van der Waals surface area contributed by atoms with E-state index < -0.39 is 6.04 Å². The molecule has 0 aliphatic carbocycles. The number of carbonyl (C=O) groups excluding carboxylic acids is 3. The Morgan fingerprint density at radius 1 is 1.40 bits per heavy atom. The molecule has 0 saturated carbocycles. The Kier molecular flexibility index (Phi) is 6.86. The monoisotopic (exact) mass is 367 g/mol. The van der Waals surface area contributed by atoms with Crippen molar-refractivity contribution in [3.63, 3.8) is 0 Å². The van der Waals surface area contributed by atoms with Crippen LogP contribution in [0.1, 0.15) is 30.3 Å². The molecule has 25 heavy (non-hydrogen) atoms. The SMILES string of the molecule is CCNC(=O)[C@@H]1C[C@H](NC(=O)c2ccnn2C)CN1C(=O)CCSC. The van der Waals surface area contributed by atoms with Crippen LogP contribution in [0.4, 0.5) is 0 Å². The molecule has 2 N–H and O–H groups in total. The van der Waals surface area contributed by atoms with Gasteiger partial charge in [0.1, 0.15) is 11.7 Å². The highest BCUT2D eigenvalue weighted by molar-refractivity contribution is 7.98. The van der Waals surface area contributed by atoms with Gasteiger partial charge in [-0.15, -0.1) is 0 Å². The van der Waals surface area contributed by atoms with Crippen LogP contribution < -0.4 is 10.6 Å². The number of likely N-dealkylation sites (tertiary alicyclic amines) is 1. The Labute approximate surface area is 151 Å². The van der Waals surface area contributed by atoms with Gasteiger partial charge in [0, 0.05) is 44.5 Å². The van der Waals surface area contributed by atoms with Gasteiger partial charge in [0.2, 0.25) is 11.8 Å². The van der Waals surface area contributed by atoms with Crippen molar-refractivity contribution in [3.05, 3.63) is 18.0 Å². The Morgan fingerprint density at radius 2 is 2.16 bits per heavy atom. The third kappa shape index (κ3) is 4.75. The van der Waals surface area contributed by atoms with Crippen molar-refractivity contribution < 1.29 is 14.4 Å². The molecule has 2 atom stereocenters. The first-order chi connectivity index (χ1) is 12.0. The fraction of sp³-hybridized carbons (Fsp3) is 0.625. The minimum absolute atomic E-state index is 0.0529. The van der Waals surface area contributed by atoms with E-state index in [9.17, 15) is 14.4 Å². The smallest absolute Gasteiger partial charge is 0.269 e. The summed E-state index contributed by atoms with van der Waals surface area (Å²) in [5, 5.41) is 9.67. The van der Waals surface area contributed by atoms with Crippen molar-refractivity contribution in [2.75, 3.05) is 25.1 Å². The Hall–Kier alpha value is -2.03. The summed E-state index contributed by atoms with van der Waals surface area (Å²) >= 11 is 1.59. The molecule has 2 heterocycles. The topological polar surface area (TPSA) is 96.3 Å². The zero-order valence-electron chi connectivity index (χ0n) is 14.8. The number of carbonyl (C=O) groups is 3. The van der Waals surface area contributed by atoms with Crippen molar-refractivity contribution >= 4 is 29.5 Å². The molecule has 0 bridgehead atoms. The summed E-state index contributed by atoms with van der Waals surface area (Å²) in [4.78, 5) is 38.7. The predicted molar refractivity (Wildman–Crippen MR) is 96.3 cm³/mol. The van der Waals surface area contributed by atoms with Gasteiger partial charge >= 0.3 is 0 Å². The van der Waals surface area contributed by atoms with E-state index in [-0.39, 0.29) is 23.8 Å². The van der Waals surface area contributed by atoms with E-state index >= 15 is 0 Å². The van der Waals surface area contributed by atoms with E-state index in [0.717, 1.165) is 0 Å². The van der Waals surface area contributed by atoms with Crippen LogP contribution in [-0.4, -0.2) is 69.6 Å².